The molecule has 3 rings (SSSR count). The van der Waals surface area contributed by atoms with Gasteiger partial charge in [0.1, 0.15) is 0 Å². The molecule has 52 valence electrons. The molecule has 0 spiro atoms. The fourth-order valence-electron chi connectivity index (χ4n) is 1.93. The van der Waals surface area contributed by atoms with E-state index in [4.69, 9.17) is 4.74 Å². The summed E-state index contributed by atoms with van der Waals surface area (Å²) in [4.78, 5) is 0. The van der Waals surface area contributed by atoms with Gasteiger partial charge in [-0.25, -0.2) is 0 Å². The van der Waals surface area contributed by atoms with Gasteiger partial charge in [-0.15, -0.1) is 0 Å². The van der Waals surface area contributed by atoms with Crippen molar-refractivity contribution in [2.24, 2.45) is 0 Å². The second-order valence-corrected chi connectivity index (χ2v) is 3.10. The summed E-state index contributed by atoms with van der Waals surface area (Å²) in [6, 6.07) is 0.788. The van der Waals surface area contributed by atoms with Crippen molar-refractivity contribution in [1.82, 2.24) is 5.32 Å². The van der Waals surface area contributed by atoms with Crippen molar-refractivity contribution in [2.45, 2.75) is 31.4 Å². The highest BCUT2D eigenvalue weighted by Crippen LogP contribution is 2.40. The predicted molar refractivity (Wildman–Crippen MR) is 35.4 cm³/mol. The van der Waals surface area contributed by atoms with Crippen molar-refractivity contribution in [3.05, 3.63) is 0 Å². The van der Waals surface area contributed by atoms with Crippen LogP contribution in [0.4, 0.5) is 0 Å². The van der Waals surface area contributed by atoms with Crippen LogP contribution in [0.1, 0.15) is 19.8 Å². The van der Waals surface area contributed by atoms with E-state index in [0.29, 0.717) is 0 Å². The largest absolute Gasteiger partial charge is 0.374 e. The molecule has 9 heavy (non-hydrogen) atoms. The molecule has 2 nitrogen and oxygen atoms in total. The van der Waals surface area contributed by atoms with E-state index < -0.39 is 0 Å². The Kier molecular flexibility index (Phi) is 1.08. The molecular weight excluding hydrogens is 114 g/mol. The van der Waals surface area contributed by atoms with E-state index in [9.17, 15) is 0 Å². The molecule has 0 amide bonds. The quantitative estimate of drug-likeness (QED) is 0.584. The van der Waals surface area contributed by atoms with Gasteiger partial charge in [0.2, 0.25) is 0 Å². The fourth-order valence-corrected chi connectivity index (χ4v) is 1.93. The Morgan fingerprint density at radius 3 is 2.89 bits per heavy atom. The zero-order valence-corrected chi connectivity index (χ0v) is 5.81. The summed E-state index contributed by atoms with van der Waals surface area (Å²) in [6.07, 6.45) is 2.50. The van der Waals surface area contributed by atoms with Gasteiger partial charge in [0, 0.05) is 19.2 Å². The predicted octanol–water partition coefficient (Wildman–Crippen LogP) is 0.527. The molecule has 2 bridgehead atoms. The van der Waals surface area contributed by atoms with Crippen LogP contribution in [0.25, 0.3) is 0 Å². The second kappa shape index (κ2) is 1.70. The van der Waals surface area contributed by atoms with E-state index in [0.717, 1.165) is 19.2 Å². The molecule has 0 unspecified atom stereocenters. The minimum Gasteiger partial charge on any atom is -0.374 e. The lowest BCUT2D eigenvalue weighted by atomic mass is 9.81. The summed E-state index contributed by atoms with van der Waals surface area (Å²) >= 11 is 0. The molecule has 1 N–H and O–H groups in total. The van der Waals surface area contributed by atoms with Crippen LogP contribution in [-0.2, 0) is 4.74 Å². The van der Waals surface area contributed by atoms with Crippen molar-refractivity contribution in [1.29, 1.82) is 0 Å². The maximum atomic E-state index is 5.59. The monoisotopic (exact) mass is 127 g/mol. The third-order valence-electron chi connectivity index (χ3n) is 2.40. The first kappa shape index (κ1) is 5.69. The Morgan fingerprint density at radius 1 is 1.67 bits per heavy atom. The van der Waals surface area contributed by atoms with Crippen molar-refractivity contribution < 1.29 is 4.74 Å². The standard InChI is InChI=1S/C7H13NO/c1-2-9-7-3-6(4-7)8-5-7/h6,8H,2-5H2,1H3. The molecule has 2 aliphatic heterocycles. The average molecular weight is 127 g/mol. The van der Waals surface area contributed by atoms with E-state index in [1.54, 1.807) is 0 Å². The summed E-state index contributed by atoms with van der Waals surface area (Å²) < 4.78 is 5.59. The lowest BCUT2D eigenvalue weighted by Crippen LogP contribution is -2.42. The molecule has 1 aliphatic carbocycles. The van der Waals surface area contributed by atoms with Gasteiger partial charge < -0.3 is 10.1 Å². The first-order valence-corrected chi connectivity index (χ1v) is 3.72. The summed E-state index contributed by atoms with van der Waals surface area (Å²) in [5.41, 5.74) is 0.277. The van der Waals surface area contributed by atoms with Gasteiger partial charge in [-0.2, -0.15) is 0 Å². The molecule has 0 aromatic carbocycles. The summed E-state index contributed by atoms with van der Waals surface area (Å²) in [7, 11) is 0. The van der Waals surface area contributed by atoms with E-state index in [1.807, 2.05) is 0 Å². The lowest BCUT2D eigenvalue weighted by Gasteiger charge is -2.36. The molecule has 2 heteroatoms. The zero-order valence-electron chi connectivity index (χ0n) is 5.81. The van der Waals surface area contributed by atoms with Crippen LogP contribution in [0.15, 0.2) is 0 Å². The third-order valence-corrected chi connectivity index (χ3v) is 2.40. The van der Waals surface area contributed by atoms with Gasteiger partial charge in [-0.1, -0.05) is 0 Å². The molecule has 0 radical (unpaired) electrons. The zero-order chi connectivity index (χ0) is 6.32. The minimum atomic E-state index is 0.277. The Bertz CT molecular complexity index is 113. The molecule has 1 saturated carbocycles. The first-order valence-electron chi connectivity index (χ1n) is 3.72. The van der Waals surface area contributed by atoms with Gasteiger partial charge in [-0.05, 0) is 19.8 Å². The number of hydrogen-bond acceptors (Lipinski definition) is 2. The number of ether oxygens (including phenoxy) is 1. The van der Waals surface area contributed by atoms with Gasteiger partial charge in [0.25, 0.3) is 0 Å². The van der Waals surface area contributed by atoms with E-state index in [1.165, 1.54) is 12.8 Å². The smallest absolute Gasteiger partial charge is 0.0835 e. The van der Waals surface area contributed by atoms with Crippen LogP contribution in [0.5, 0.6) is 0 Å². The number of fused-ring (bicyclic) bond motifs is 1. The lowest BCUT2D eigenvalue weighted by molar-refractivity contribution is -0.0621. The van der Waals surface area contributed by atoms with Crippen molar-refractivity contribution in [2.75, 3.05) is 13.2 Å². The maximum Gasteiger partial charge on any atom is 0.0835 e. The van der Waals surface area contributed by atoms with Gasteiger partial charge >= 0.3 is 0 Å². The van der Waals surface area contributed by atoms with E-state index in [-0.39, 0.29) is 5.60 Å². The fraction of sp³-hybridized carbons (Fsp3) is 1.00. The Balaban J connectivity index is 1.95. The van der Waals surface area contributed by atoms with Crippen molar-refractivity contribution in [3.63, 3.8) is 0 Å². The number of rotatable bonds is 2. The maximum absolute atomic E-state index is 5.59. The molecule has 2 heterocycles. The van der Waals surface area contributed by atoms with Crippen LogP contribution in [-0.4, -0.2) is 24.8 Å². The topological polar surface area (TPSA) is 21.3 Å². The molecule has 0 atom stereocenters. The second-order valence-electron chi connectivity index (χ2n) is 3.10. The van der Waals surface area contributed by atoms with Crippen LogP contribution >= 0.6 is 0 Å². The average Bonchev–Trinajstić information content (AvgIpc) is 2.22. The summed E-state index contributed by atoms with van der Waals surface area (Å²) in [6.45, 7) is 4.03. The highest BCUT2D eigenvalue weighted by atomic mass is 16.5. The van der Waals surface area contributed by atoms with E-state index in [2.05, 4.69) is 12.2 Å². The van der Waals surface area contributed by atoms with Crippen LogP contribution in [0, 0.1) is 0 Å². The summed E-state index contributed by atoms with van der Waals surface area (Å²) in [5.74, 6) is 0. The van der Waals surface area contributed by atoms with Crippen LogP contribution in [0.3, 0.4) is 0 Å². The van der Waals surface area contributed by atoms with Gasteiger partial charge in [0.05, 0.1) is 5.60 Å². The molecular formula is C7H13NO. The molecule has 3 fully saturated rings. The van der Waals surface area contributed by atoms with Crippen LogP contribution < -0.4 is 5.32 Å². The molecule has 0 aromatic heterocycles. The normalized spacial score (nSPS) is 47.0. The SMILES string of the molecule is CCOC12CNC(C1)C2. The van der Waals surface area contributed by atoms with Gasteiger partial charge in [-0.3, -0.25) is 0 Å². The Hall–Kier alpha value is -0.0800. The molecule has 2 saturated heterocycles. The summed E-state index contributed by atoms with van der Waals surface area (Å²) in [5, 5.41) is 3.39. The van der Waals surface area contributed by atoms with Crippen molar-refractivity contribution >= 4 is 0 Å². The van der Waals surface area contributed by atoms with Crippen LogP contribution in [0.2, 0.25) is 0 Å². The number of nitrogens with one attached hydrogen (secondary N) is 1. The Labute approximate surface area is 55.6 Å². The highest BCUT2D eigenvalue weighted by molar-refractivity contribution is 5.08. The number of hydrogen-bond donors (Lipinski definition) is 1. The van der Waals surface area contributed by atoms with Gasteiger partial charge in [0.15, 0.2) is 0 Å². The van der Waals surface area contributed by atoms with Crippen molar-refractivity contribution in [3.8, 4) is 0 Å². The molecule has 0 aromatic rings. The Morgan fingerprint density at radius 2 is 2.44 bits per heavy atom. The highest BCUT2D eigenvalue weighted by Gasteiger charge is 2.50. The van der Waals surface area contributed by atoms with E-state index >= 15 is 0 Å². The first-order chi connectivity index (χ1) is 4.35. The third kappa shape index (κ3) is 0.700. The molecule has 3 aliphatic rings. The minimum absolute atomic E-state index is 0.277.